The molecule has 0 atom stereocenters. The molecule has 0 radical (unpaired) electrons. The molecule has 6 nitrogen and oxygen atoms in total. The highest BCUT2D eigenvalue weighted by atomic mass is 15.6. The van der Waals surface area contributed by atoms with Gasteiger partial charge in [-0.05, 0) is 208 Å². The van der Waals surface area contributed by atoms with Crippen LogP contribution in [0.5, 0.6) is 0 Å². The van der Waals surface area contributed by atoms with Gasteiger partial charge in [0.05, 0.1) is 17.1 Å². The predicted octanol–water partition coefficient (Wildman–Crippen LogP) is 9.16. The van der Waals surface area contributed by atoms with Crippen molar-refractivity contribution >= 4 is 0 Å². The molecule has 15 rings (SSSR count). The van der Waals surface area contributed by atoms with E-state index in [-0.39, 0.29) is 22.5 Å². The summed E-state index contributed by atoms with van der Waals surface area (Å²) in [5.41, 5.74) is 8.80. The third kappa shape index (κ3) is 4.15. The van der Waals surface area contributed by atoms with E-state index in [9.17, 15) is 0 Å². The van der Waals surface area contributed by atoms with Gasteiger partial charge in [-0.3, -0.25) is 0 Å². The molecule has 0 unspecified atom stereocenters. The molecule has 12 saturated carbocycles. The van der Waals surface area contributed by atoms with Gasteiger partial charge in [-0.15, -0.1) is 0 Å². The fourth-order valence-electron chi connectivity index (χ4n) is 16.5. The van der Waals surface area contributed by atoms with Crippen molar-refractivity contribution in [2.75, 3.05) is 0 Å². The Morgan fingerprint density at radius 1 is 0.408 bits per heavy atom. The van der Waals surface area contributed by atoms with E-state index in [0.717, 1.165) is 53.3 Å². The molecule has 6 heteroatoms. The predicted molar refractivity (Wildman–Crippen MR) is 190 cm³/mol. The number of hydrogen-bond acceptors (Lipinski definition) is 3. The first kappa shape index (κ1) is 29.2. The van der Waals surface area contributed by atoms with Gasteiger partial charge in [-0.1, -0.05) is 0 Å². The molecule has 260 valence electrons. The lowest BCUT2D eigenvalue weighted by Crippen LogP contribution is -2.49. The molecular formula is C43H58N6. The molecule has 49 heavy (non-hydrogen) atoms. The fraction of sp³-hybridized carbons (Fsp3) is 0.791. The van der Waals surface area contributed by atoms with Crippen molar-refractivity contribution in [1.82, 2.24) is 29.3 Å². The Hall–Kier alpha value is -2.37. The zero-order valence-electron chi connectivity index (χ0n) is 30.4. The van der Waals surface area contributed by atoms with Crippen molar-refractivity contribution in [3.8, 4) is 0 Å². The summed E-state index contributed by atoms with van der Waals surface area (Å²) in [6.45, 7) is 6.96. The number of aryl methyl sites for hydroxylation is 3. The van der Waals surface area contributed by atoms with Crippen molar-refractivity contribution in [3.63, 3.8) is 0 Å². The summed E-state index contributed by atoms with van der Waals surface area (Å²) in [7, 11) is 0. The molecule has 12 aliphatic carbocycles. The lowest BCUT2D eigenvalue weighted by molar-refractivity contribution is -0.00838. The van der Waals surface area contributed by atoms with Gasteiger partial charge in [-0.2, -0.15) is 15.3 Å². The molecule has 3 aromatic rings. The van der Waals surface area contributed by atoms with Gasteiger partial charge in [0, 0.05) is 33.3 Å². The second-order valence-electron chi connectivity index (χ2n) is 20.8. The maximum atomic E-state index is 5.73. The molecule has 0 N–H and O–H groups in total. The topological polar surface area (TPSA) is 53.5 Å². The molecule has 3 heterocycles. The Morgan fingerprint density at radius 3 is 0.816 bits per heavy atom. The maximum absolute atomic E-state index is 5.73. The third-order valence-corrected chi connectivity index (χ3v) is 17.2. The highest BCUT2D eigenvalue weighted by Crippen LogP contribution is 2.63. The number of nitrogens with zero attached hydrogens (tertiary/aromatic N) is 6. The molecule has 0 saturated heterocycles. The first-order valence-corrected chi connectivity index (χ1v) is 20.9. The fourth-order valence-corrected chi connectivity index (χ4v) is 16.5. The van der Waals surface area contributed by atoms with Crippen molar-refractivity contribution in [1.29, 1.82) is 0 Å². The number of rotatable bonds is 6. The summed E-state index contributed by atoms with van der Waals surface area (Å²) in [6, 6.07) is 7.49. The first-order chi connectivity index (χ1) is 23.7. The minimum absolute atomic E-state index is 0.201. The van der Waals surface area contributed by atoms with Crippen LogP contribution in [-0.2, 0) is 16.2 Å². The zero-order valence-corrected chi connectivity index (χ0v) is 30.4. The van der Waals surface area contributed by atoms with Crippen LogP contribution in [0.15, 0.2) is 18.2 Å². The van der Waals surface area contributed by atoms with Crippen molar-refractivity contribution < 1.29 is 0 Å². The molecule has 12 aliphatic rings. The van der Waals surface area contributed by atoms with Gasteiger partial charge in [0.25, 0.3) is 0 Å². The van der Waals surface area contributed by atoms with E-state index in [1.54, 1.807) is 0 Å². The second-order valence-corrected chi connectivity index (χ2v) is 20.8. The largest absolute Gasteiger partial charge is 0.238 e. The molecular weight excluding hydrogens is 601 g/mol. The van der Waals surface area contributed by atoms with Crippen LogP contribution in [-0.4, -0.2) is 29.3 Å². The molecule has 3 aromatic heterocycles. The van der Waals surface area contributed by atoms with Crippen molar-refractivity contribution in [2.45, 2.75) is 159 Å². The van der Waals surface area contributed by atoms with Gasteiger partial charge in [0.2, 0.25) is 6.29 Å². The Morgan fingerprint density at radius 2 is 0.612 bits per heavy atom. The minimum atomic E-state index is -0.201. The average Bonchev–Trinajstić information content (AvgIpc) is 3.74. The average molecular weight is 659 g/mol. The molecule has 0 amide bonds. The van der Waals surface area contributed by atoms with Crippen molar-refractivity contribution in [2.24, 2.45) is 53.3 Å². The second kappa shape index (κ2) is 9.73. The smallest absolute Gasteiger partial charge is 0.224 e. The summed E-state index contributed by atoms with van der Waals surface area (Å²) in [5, 5.41) is 17.2. The summed E-state index contributed by atoms with van der Waals surface area (Å²) in [5.74, 6) is 8.25. The lowest BCUT2D eigenvalue weighted by Gasteiger charge is -2.56. The van der Waals surface area contributed by atoms with E-state index in [4.69, 9.17) is 15.3 Å². The van der Waals surface area contributed by atoms with Crippen LogP contribution in [0.25, 0.3) is 0 Å². The lowest BCUT2D eigenvalue weighted by atomic mass is 9.49. The summed E-state index contributed by atoms with van der Waals surface area (Å²) in [4.78, 5) is 0. The van der Waals surface area contributed by atoms with Gasteiger partial charge in [-0.25, -0.2) is 14.0 Å². The summed E-state index contributed by atoms with van der Waals surface area (Å²) in [6.07, 6.45) is 25.3. The normalized spacial score (nSPS) is 46.0. The summed E-state index contributed by atoms with van der Waals surface area (Å²) < 4.78 is 7.13. The van der Waals surface area contributed by atoms with Crippen LogP contribution in [0.3, 0.4) is 0 Å². The Balaban J connectivity index is 0.987. The quantitative estimate of drug-likeness (QED) is 0.265. The van der Waals surface area contributed by atoms with Crippen LogP contribution < -0.4 is 0 Å². The third-order valence-electron chi connectivity index (χ3n) is 17.2. The standard InChI is InChI=1S/C43H58N6/c1-25-4-37(41-16-28-7-29(17-41)9-30(8-28)18-41)44-47(25)40(48-26(2)5-38(45-48)42-19-31-10-32(20-42)12-33(11-31)21-42)49-27(3)6-39(46-49)43-22-34-13-35(23-43)15-36(14-34)24-43/h4-6,28-36,40H,7-24H2,1-3H3. The van der Waals surface area contributed by atoms with E-state index in [2.05, 4.69) is 53.0 Å². The molecule has 0 aliphatic heterocycles. The highest BCUT2D eigenvalue weighted by Gasteiger charge is 2.56. The SMILES string of the molecule is Cc1cc(C23CC4CC(CC(C4)C2)C3)nn1C(n1nc(C23CC4CC(CC(C4)C2)C3)cc1C)n1nc(C23CC4CC(CC(C4)C2)C3)cc1C. The minimum Gasteiger partial charge on any atom is -0.224 e. The van der Waals surface area contributed by atoms with E-state index in [1.807, 2.05) is 0 Å². The first-order valence-electron chi connectivity index (χ1n) is 20.9. The Kier molecular flexibility index (Phi) is 5.81. The molecule has 12 fully saturated rings. The van der Waals surface area contributed by atoms with Crippen LogP contribution in [0.4, 0.5) is 0 Å². The Labute approximate surface area is 293 Å². The molecule has 12 bridgehead atoms. The summed E-state index contributed by atoms with van der Waals surface area (Å²) >= 11 is 0. The van der Waals surface area contributed by atoms with Gasteiger partial charge in [0.1, 0.15) is 0 Å². The molecule has 0 spiro atoms. The van der Waals surface area contributed by atoms with E-state index in [1.165, 1.54) is 150 Å². The van der Waals surface area contributed by atoms with Crippen LogP contribution in [0.1, 0.15) is 156 Å². The molecule has 0 aromatic carbocycles. The van der Waals surface area contributed by atoms with Gasteiger partial charge < -0.3 is 0 Å². The van der Waals surface area contributed by atoms with E-state index >= 15 is 0 Å². The van der Waals surface area contributed by atoms with Crippen LogP contribution in [0.2, 0.25) is 0 Å². The van der Waals surface area contributed by atoms with Gasteiger partial charge >= 0.3 is 0 Å². The monoisotopic (exact) mass is 658 g/mol. The van der Waals surface area contributed by atoms with Gasteiger partial charge in [0.15, 0.2) is 0 Å². The van der Waals surface area contributed by atoms with Crippen molar-refractivity contribution in [3.05, 3.63) is 52.4 Å². The highest BCUT2D eigenvalue weighted by molar-refractivity contribution is 5.29. The maximum Gasteiger partial charge on any atom is 0.238 e. The number of aromatic nitrogens is 6. The number of hydrogen-bond donors (Lipinski definition) is 0. The Bertz CT molecular complexity index is 1520. The van der Waals surface area contributed by atoms with E-state index in [0.29, 0.717) is 0 Å². The van der Waals surface area contributed by atoms with Crippen LogP contribution in [0, 0.1) is 74.0 Å². The van der Waals surface area contributed by atoms with E-state index < -0.39 is 0 Å². The van der Waals surface area contributed by atoms with Crippen LogP contribution >= 0.6 is 0 Å². The zero-order chi connectivity index (χ0) is 32.4.